The molecule has 0 aromatic heterocycles. The number of hydrogen-bond acceptors (Lipinski definition) is 6. The summed E-state index contributed by atoms with van der Waals surface area (Å²) in [6.07, 6.45) is 3.32. The summed E-state index contributed by atoms with van der Waals surface area (Å²) in [6.45, 7) is 1.29. The zero-order valence-corrected chi connectivity index (χ0v) is 16.7. The van der Waals surface area contributed by atoms with Crippen molar-refractivity contribution in [3.05, 3.63) is 59.7 Å². The van der Waals surface area contributed by atoms with Crippen molar-refractivity contribution >= 4 is 22.1 Å². The van der Waals surface area contributed by atoms with E-state index in [9.17, 15) is 18.5 Å². The van der Waals surface area contributed by atoms with Crippen molar-refractivity contribution in [1.29, 1.82) is 5.26 Å². The van der Waals surface area contributed by atoms with Crippen LogP contribution in [0.1, 0.15) is 18.4 Å². The topological polar surface area (TPSA) is 96.7 Å². The van der Waals surface area contributed by atoms with Crippen LogP contribution in [-0.2, 0) is 14.9 Å². The lowest BCUT2D eigenvalue weighted by Gasteiger charge is -2.14. The van der Waals surface area contributed by atoms with E-state index in [0.717, 1.165) is 12.8 Å². The third-order valence-corrected chi connectivity index (χ3v) is 5.72. The average molecular weight is 412 g/mol. The molecule has 1 aliphatic rings. The molecule has 0 radical (unpaired) electrons. The van der Waals surface area contributed by atoms with Gasteiger partial charge in [-0.1, -0.05) is 24.3 Å². The van der Waals surface area contributed by atoms with Gasteiger partial charge in [-0.25, -0.2) is 0 Å². The highest BCUT2D eigenvalue weighted by Gasteiger charge is 2.22. The van der Waals surface area contributed by atoms with Crippen molar-refractivity contribution < 1.29 is 22.1 Å². The zero-order valence-electron chi connectivity index (χ0n) is 15.9. The van der Waals surface area contributed by atoms with Crippen molar-refractivity contribution in [2.75, 3.05) is 20.2 Å². The molecule has 3 rings (SSSR count). The Morgan fingerprint density at radius 3 is 2.41 bits per heavy atom. The summed E-state index contributed by atoms with van der Waals surface area (Å²) in [6, 6.07) is 14.2. The second-order valence-electron chi connectivity index (χ2n) is 6.43. The maximum Gasteiger partial charge on any atom is 0.339 e. The van der Waals surface area contributed by atoms with Gasteiger partial charge in [0.15, 0.2) is 11.5 Å². The molecule has 0 saturated carbocycles. The minimum absolute atomic E-state index is 0.0119. The van der Waals surface area contributed by atoms with Crippen LogP contribution in [0.5, 0.6) is 11.5 Å². The first-order chi connectivity index (χ1) is 13.9. The second-order valence-corrected chi connectivity index (χ2v) is 7.98. The molecule has 0 spiro atoms. The summed E-state index contributed by atoms with van der Waals surface area (Å²) in [5.74, 6) is -0.127. The summed E-state index contributed by atoms with van der Waals surface area (Å²) in [4.78, 5) is 14.1. The Hall–Kier alpha value is -3.31. The van der Waals surface area contributed by atoms with E-state index in [2.05, 4.69) is 0 Å². The number of methoxy groups -OCH3 is 1. The number of amides is 1. The number of ether oxygens (including phenoxy) is 1. The van der Waals surface area contributed by atoms with Crippen LogP contribution >= 0.6 is 0 Å². The molecule has 1 saturated heterocycles. The summed E-state index contributed by atoms with van der Waals surface area (Å²) in [7, 11) is -2.64. The molecule has 0 aliphatic carbocycles. The lowest BCUT2D eigenvalue weighted by atomic mass is 10.1. The van der Waals surface area contributed by atoms with E-state index >= 15 is 0 Å². The fourth-order valence-electron chi connectivity index (χ4n) is 3.00. The van der Waals surface area contributed by atoms with Crippen LogP contribution < -0.4 is 8.92 Å². The molecule has 1 heterocycles. The molecule has 0 unspecified atom stereocenters. The molecule has 7 nitrogen and oxygen atoms in total. The summed E-state index contributed by atoms with van der Waals surface area (Å²) in [5, 5.41) is 9.38. The van der Waals surface area contributed by atoms with Gasteiger partial charge < -0.3 is 13.8 Å². The number of rotatable bonds is 6. The van der Waals surface area contributed by atoms with Crippen LogP contribution in [0.25, 0.3) is 6.08 Å². The van der Waals surface area contributed by atoms with E-state index < -0.39 is 10.1 Å². The first-order valence-corrected chi connectivity index (χ1v) is 10.4. The Morgan fingerprint density at radius 1 is 1.10 bits per heavy atom. The molecule has 1 amide bonds. The smallest absolute Gasteiger partial charge is 0.339 e. The Bertz CT molecular complexity index is 1070. The van der Waals surface area contributed by atoms with Gasteiger partial charge in [0, 0.05) is 13.1 Å². The number of carbonyl (C=O) groups is 1. The quantitative estimate of drug-likeness (QED) is 0.411. The van der Waals surface area contributed by atoms with Crippen molar-refractivity contribution in [3.63, 3.8) is 0 Å². The Balaban J connectivity index is 1.87. The minimum atomic E-state index is -4.02. The van der Waals surface area contributed by atoms with Crippen LogP contribution in [0.15, 0.2) is 59.0 Å². The molecule has 0 N–H and O–H groups in total. The highest BCUT2D eigenvalue weighted by molar-refractivity contribution is 7.87. The normalized spacial score (nSPS) is 14.3. The fraction of sp³-hybridized carbons (Fsp3) is 0.238. The Labute approximate surface area is 169 Å². The first kappa shape index (κ1) is 20.4. The highest BCUT2D eigenvalue weighted by Crippen LogP contribution is 2.31. The molecule has 1 fully saturated rings. The van der Waals surface area contributed by atoms with Gasteiger partial charge in [0.05, 0.1) is 7.11 Å². The standard InChI is InChI=1S/C21H20N2O5S/c1-27-20-14-16(13-17(15-22)21(24)23-11-5-6-12-23)9-10-19(20)28-29(25,26)18-7-3-2-4-8-18/h2-4,7-10,13-14H,5-6,11-12H2,1H3/b17-13+. The largest absolute Gasteiger partial charge is 0.493 e. The number of carbonyl (C=O) groups excluding carboxylic acids is 1. The van der Waals surface area contributed by atoms with E-state index in [1.807, 2.05) is 6.07 Å². The molecule has 2 aromatic rings. The molecule has 0 atom stereocenters. The second kappa shape index (κ2) is 8.80. The van der Waals surface area contributed by atoms with Crippen LogP contribution in [0.3, 0.4) is 0 Å². The van der Waals surface area contributed by atoms with Crippen molar-refractivity contribution in [2.24, 2.45) is 0 Å². The lowest BCUT2D eigenvalue weighted by molar-refractivity contribution is -0.125. The van der Waals surface area contributed by atoms with Crippen LogP contribution in [-0.4, -0.2) is 39.4 Å². The van der Waals surface area contributed by atoms with Gasteiger partial charge in [-0.15, -0.1) is 0 Å². The van der Waals surface area contributed by atoms with Crippen molar-refractivity contribution in [1.82, 2.24) is 4.90 Å². The predicted octanol–water partition coefficient (Wildman–Crippen LogP) is 2.99. The Kier molecular flexibility index (Phi) is 6.20. The zero-order chi connectivity index (χ0) is 20.9. The highest BCUT2D eigenvalue weighted by atomic mass is 32.2. The number of hydrogen-bond donors (Lipinski definition) is 0. The van der Waals surface area contributed by atoms with E-state index in [1.54, 1.807) is 29.2 Å². The monoisotopic (exact) mass is 412 g/mol. The van der Waals surface area contributed by atoms with Gasteiger partial charge in [0.25, 0.3) is 5.91 Å². The number of nitriles is 1. The van der Waals surface area contributed by atoms with E-state index in [0.29, 0.717) is 18.7 Å². The van der Waals surface area contributed by atoms with E-state index in [4.69, 9.17) is 8.92 Å². The number of nitrogens with zero attached hydrogens (tertiary/aromatic N) is 2. The molecule has 29 heavy (non-hydrogen) atoms. The summed E-state index contributed by atoms with van der Waals surface area (Å²) < 4.78 is 35.3. The number of benzene rings is 2. The van der Waals surface area contributed by atoms with Gasteiger partial charge in [-0.3, -0.25) is 4.79 Å². The maximum absolute atomic E-state index is 12.4. The molecule has 2 aromatic carbocycles. The molecule has 8 heteroatoms. The lowest BCUT2D eigenvalue weighted by Crippen LogP contribution is -2.28. The predicted molar refractivity (Wildman–Crippen MR) is 107 cm³/mol. The third kappa shape index (κ3) is 4.76. The van der Waals surface area contributed by atoms with Gasteiger partial charge in [0.1, 0.15) is 16.5 Å². The number of likely N-dealkylation sites (tertiary alicyclic amines) is 1. The molecular weight excluding hydrogens is 392 g/mol. The Morgan fingerprint density at radius 2 is 1.79 bits per heavy atom. The maximum atomic E-state index is 12.4. The van der Waals surface area contributed by atoms with Crippen LogP contribution in [0.2, 0.25) is 0 Å². The summed E-state index contributed by atoms with van der Waals surface area (Å²) in [5.41, 5.74) is 0.537. The van der Waals surface area contributed by atoms with Crippen LogP contribution in [0.4, 0.5) is 0 Å². The van der Waals surface area contributed by atoms with Gasteiger partial charge in [-0.2, -0.15) is 13.7 Å². The first-order valence-electron chi connectivity index (χ1n) is 9.03. The SMILES string of the molecule is COc1cc(/C=C(\C#N)C(=O)N2CCCC2)ccc1OS(=O)(=O)c1ccccc1. The molecule has 0 bridgehead atoms. The molecule has 150 valence electrons. The van der Waals surface area contributed by atoms with E-state index in [-0.39, 0.29) is 27.9 Å². The van der Waals surface area contributed by atoms with Gasteiger partial charge in [-0.05, 0) is 48.7 Å². The van der Waals surface area contributed by atoms with Gasteiger partial charge in [0.2, 0.25) is 0 Å². The average Bonchev–Trinajstić information content (AvgIpc) is 3.28. The van der Waals surface area contributed by atoms with E-state index in [1.165, 1.54) is 37.5 Å². The molecule has 1 aliphatic heterocycles. The van der Waals surface area contributed by atoms with Crippen molar-refractivity contribution in [3.8, 4) is 17.6 Å². The van der Waals surface area contributed by atoms with Crippen molar-refractivity contribution in [2.45, 2.75) is 17.7 Å². The molecular formula is C21H20N2O5S. The summed E-state index contributed by atoms with van der Waals surface area (Å²) >= 11 is 0. The fourth-order valence-corrected chi connectivity index (χ4v) is 3.96. The van der Waals surface area contributed by atoms with Crippen LogP contribution in [0, 0.1) is 11.3 Å². The minimum Gasteiger partial charge on any atom is -0.493 e. The van der Waals surface area contributed by atoms with Gasteiger partial charge >= 0.3 is 10.1 Å². The third-order valence-electron chi connectivity index (χ3n) is 4.47.